The maximum atomic E-state index is 13.2. The van der Waals surface area contributed by atoms with E-state index in [0.717, 1.165) is 22.6 Å². The summed E-state index contributed by atoms with van der Waals surface area (Å²) in [6, 6.07) is 20.5. The first kappa shape index (κ1) is 22.3. The molecule has 0 aromatic heterocycles. The van der Waals surface area contributed by atoms with Crippen LogP contribution in [-0.4, -0.2) is 28.7 Å². The van der Waals surface area contributed by atoms with E-state index in [1.54, 1.807) is 48.5 Å². The number of rotatable bonds is 8. The zero-order valence-electron chi connectivity index (χ0n) is 18.7. The summed E-state index contributed by atoms with van der Waals surface area (Å²) in [6.45, 7) is 3.98. The third kappa shape index (κ3) is 4.65. The molecule has 1 aliphatic heterocycles. The first-order chi connectivity index (χ1) is 16.0. The minimum Gasteiger partial charge on any atom is -0.457 e. The molecule has 0 fully saturated rings. The molecular formula is C27H26N2O4. The number of carbonyl (C=O) groups excluding carboxylic acids is 3. The monoisotopic (exact) mass is 442 g/mol. The van der Waals surface area contributed by atoms with Gasteiger partial charge in [-0.15, -0.1) is 0 Å². The van der Waals surface area contributed by atoms with E-state index in [0.29, 0.717) is 35.4 Å². The second kappa shape index (κ2) is 9.69. The van der Waals surface area contributed by atoms with Gasteiger partial charge in [-0.3, -0.25) is 19.3 Å². The fourth-order valence-electron chi connectivity index (χ4n) is 3.90. The fourth-order valence-corrected chi connectivity index (χ4v) is 3.90. The van der Waals surface area contributed by atoms with Gasteiger partial charge in [0.15, 0.2) is 0 Å². The van der Waals surface area contributed by atoms with Crippen molar-refractivity contribution in [1.82, 2.24) is 4.90 Å². The second-order valence-electron chi connectivity index (χ2n) is 8.07. The van der Waals surface area contributed by atoms with Gasteiger partial charge in [0.25, 0.3) is 11.8 Å². The van der Waals surface area contributed by atoms with Crippen LogP contribution in [0.4, 0.5) is 5.69 Å². The van der Waals surface area contributed by atoms with E-state index in [1.165, 1.54) is 0 Å². The molecule has 1 heterocycles. The Kier molecular flexibility index (Phi) is 6.54. The maximum Gasteiger partial charge on any atom is 0.262 e. The number of imide groups is 1. The zero-order chi connectivity index (χ0) is 23.4. The van der Waals surface area contributed by atoms with Gasteiger partial charge in [-0.2, -0.15) is 0 Å². The lowest BCUT2D eigenvalue weighted by molar-refractivity contribution is -0.120. The molecule has 33 heavy (non-hydrogen) atoms. The molecule has 1 atom stereocenters. The van der Waals surface area contributed by atoms with Crippen LogP contribution in [0.1, 0.15) is 52.5 Å². The van der Waals surface area contributed by atoms with E-state index in [9.17, 15) is 14.4 Å². The van der Waals surface area contributed by atoms with Crippen molar-refractivity contribution in [2.24, 2.45) is 0 Å². The van der Waals surface area contributed by atoms with Gasteiger partial charge in [0.2, 0.25) is 5.91 Å². The number of benzene rings is 3. The molecule has 6 nitrogen and oxygen atoms in total. The number of ether oxygens (including phenoxy) is 1. The van der Waals surface area contributed by atoms with Gasteiger partial charge < -0.3 is 10.1 Å². The molecule has 0 saturated carbocycles. The molecule has 0 saturated heterocycles. The lowest BCUT2D eigenvalue weighted by Gasteiger charge is -2.25. The Balaban J connectivity index is 1.49. The molecule has 168 valence electrons. The average molecular weight is 443 g/mol. The predicted octanol–water partition coefficient (Wildman–Crippen LogP) is 5.58. The zero-order valence-corrected chi connectivity index (χ0v) is 18.7. The molecule has 4 rings (SSSR count). The molecular weight excluding hydrogens is 416 g/mol. The van der Waals surface area contributed by atoms with Crippen molar-refractivity contribution in [3.8, 4) is 11.5 Å². The third-order valence-electron chi connectivity index (χ3n) is 5.71. The number of hydrogen-bond donors (Lipinski definition) is 1. The number of carbonyl (C=O) groups is 3. The smallest absolute Gasteiger partial charge is 0.262 e. The number of hydrogen-bond acceptors (Lipinski definition) is 4. The maximum absolute atomic E-state index is 13.2. The summed E-state index contributed by atoms with van der Waals surface area (Å²) in [6.07, 6.45) is 1.97. The van der Waals surface area contributed by atoms with Crippen molar-refractivity contribution in [3.63, 3.8) is 0 Å². The normalized spacial score (nSPS) is 13.6. The summed E-state index contributed by atoms with van der Waals surface area (Å²) >= 11 is 0. The van der Waals surface area contributed by atoms with Gasteiger partial charge in [-0.05, 0) is 61.4 Å². The molecule has 0 aliphatic carbocycles. The summed E-state index contributed by atoms with van der Waals surface area (Å²) < 4.78 is 5.90. The molecule has 6 heteroatoms. The number of anilines is 1. The molecule has 3 aromatic carbocycles. The lowest BCUT2D eigenvalue weighted by atomic mass is 10.1. The number of amides is 3. The number of unbranched alkanes of at least 4 members (excludes halogenated alkanes) is 1. The minimum absolute atomic E-state index is 0.342. The number of aryl methyl sites for hydroxylation is 1. The molecule has 0 radical (unpaired) electrons. The van der Waals surface area contributed by atoms with E-state index in [-0.39, 0.29) is 5.91 Å². The molecule has 3 aromatic rings. The highest BCUT2D eigenvalue weighted by molar-refractivity contribution is 6.23. The van der Waals surface area contributed by atoms with Crippen LogP contribution in [0.3, 0.4) is 0 Å². The number of nitrogens with zero attached hydrogens (tertiary/aromatic N) is 1. The molecule has 0 unspecified atom stereocenters. The fraction of sp³-hybridized carbons (Fsp3) is 0.222. The molecule has 0 bridgehead atoms. The summed E-state index contributed by atoms with van der Waals surface area (Å²) in [5, 5.41) is 2.86. The van der Waals surface area contributed by atoms with Gasteiger partial charge in [-0.1, -0.05) is 50.1 Å². The van der Waals surface area contributed by atoms with Crippen molar-refractivity contribution in [2.75, 3.05) is 5.32 Å². The van der Waals surface area contributed by atoms with Gasteiger partial charge in [0.05, 0.1) is 11.1 Å². The summed E-state index contributed by atoms with van der Waals surface area (Å²) in [7, 11) is 0. The average Bonchev–Trinajstić information content (AvgIpc) is 3.07. The molecule has 1 aliphatic rings. The summed E-state index contributed by atoms with van der Waals surface area (Å²) in [5.74, 6) is 0.179. The van der Waals surface area contributed by atoms with Crippen LogP contribution in [-0.2, 0) is 4.79 Å². The largest absolute Gasteiger partial charge is 0.457 e. The Bertz CT molecular complexity index is 1150. The van der Waals surface area contributed by atoms with E-state index >= 15 is 0 Å². The Morgan fingerprint density at radius 2 is 1.52 bits per heavy atom. The van der Waals surface area contributed by atoms with Gasteiger partial charge in [0.1, 0.15) is 17.5 Å². The van der Waals surface area contributed by atoms with Crippen molar-refractivity contribution < 1.29 is 19.1 Å². The van der Waals surface area contributed by atoms with Crippen LogP contribution in [0.25, 0.3) is 0 Å². The number of nitrogens with one attached hydrogen (secondary N) is 1. The SMILES string of the molecule is CCCC[C@H](C(=O)Nc1ccc(Oc2ccccc2C)cc1)N1C(=O)c2ccccc2C1=O. The van der Waals surface area contributed by atoms with Gasteiger partial charge >= 0.3 is 0 Å². The highest BCUT2D eigenvalue weighted by Crippen LogP contribution is 2.28. The van der Waals surface area contributed by atoms with E-state index in [2.05, 4.69) is 5.32 Å². The highest BCUT2D eigenvalue weighted by Gasteiger charge is 2.42. The standard InChI is InChI=1S/C27H26N2O4/c1-3-4-12-23(29-26(31)21-10-6-7-11-22(21)27(29)32)25(30)28-19-14-16-20(17-15-19)33-24-13-8-5-9-18(24)2/h5-11,13-17,23H,3-4,12H2,1-2H3,(H,28,30)/t23-/m1/s1. The molecule has 1 N–H and O–H groups in total. The van der Waals surface area contributed by atoms with E-state index in [4.69, 9.17) is 4.74 Å². The summed E-state index contributed by atoms with van der Waals surface area (Å²) in [5.41, 5.74) is 2.27. The Morgan fingerprint density at radius 3 is 2.12 bits per heavy atom. The van der Waals surface area contributed by atoms with Crippen LogP contribution >= 0.6 is 0 Å². The quantitative estimate of drug-likeness (QED) is 0.462. The van der Waals surface area contributed by atoms with Crippen LogP contribution < -0.4 is 10.1 Å². The van der Waals surface area contributed by atoms with Crippen molar-refractivity contribution in [3.05, 3.63) is 89.5 Å². The van der Waals surface area contributed by atoms with Gasteiger partial charge in [0, 0.05) is 5.69 Å². The van der Waals surface area contributed by atoms with E-state index < -0.39 is 17.9 Å². The highest BCUT2D eigenvalue weighted by atomic mass is 16.5. The van der Waals surface area contributed by atoms with E-state index in [1.807, 2.05) is 38.1 Å². The van der Waals surface area contributed by atoms with Gasteiger partial charge in [-0.25, -0.2) is 0 Å². The predicted molar refractivity (Wildman–Crippen MR) is 127 cm³/mol. The van der Waals surface area contributed by atoms with Crippen molar-refractivity contribution in [2.45, 2.75) is 39.2 Å². The first-order valence-electron chi connectivity index (χ1n) is 11.1. The van der Waals surface area contributed by atoms with Crippen LogP contribution in [0.2, 0.25) is 0 Å². The van der Waals surface area contributed by atoms with Crippen LogP contribution in [0.15, 0.2) is 72.8 Å². The molecule has 0 spiro atoms. The number of fused-ring (bicyclic) bond motifs is 1. The second-order valence-corrected chi connectivity index (χ2v) is 8.07. The van der Waals surface area contributed by atoms with Crippen LogP contribution in [0.5, 0.6) is 11.5 Å². The number of para-hydroxylation sites is 1. The Labute approximate surface area is 193 Å². The molecule has 3 amide bonds. The Morgan fingerprint density at radius 1 is 0.909 bits per heavy atom. The first-order valence-corrected chi connectivity index (χ1v) is 11.1. The minimum atomic E-state index is -0.875. The van der Waals surface area contributed by atoms with Crippen LogP contribution in [0, 0.1) is 6.92 Å². The Hall–Kier alpha value is -3.93. The topological polar surface area (TPSA) is 75.7 Å². The summed E-state index contributed by atoms with van der Waals surface area (Å²) in [4.78, 5) is 40.1. The third-order valence-corrected chi connectivity index (χ3v) is 5.71. The van der Waals surface area contributed by atoms with Crippen molar-refractivity contribution in [1.29, 1.82) is 0 Å². The van der Waals surface area contributed by atoms with Crippen molar-refractivity contribution >= 4 is 23.4 Å². The lowest BCUT2D eigenvalue weighted by Crippen LogP contribution is -2.47.